The van der Waals surface area contributed by atoms with Gasteiger partial charge in [0.1, 0.15) is 6.10 Å². The van der Waals surface area contributed by atoms with Crippen LogP contribution in [0.25, 0.3) is 0 Å². The van der Waals surface area contributed by atoms with Crippen molar-refractivity contribution >= 4 is 23.9 Å². The van der Waals surface area contributed by atoms with E-state index in [2.05, 4.69) is 13.2 Å². The molecule has 0 saturated carbocycles. The van der Waals surface area contributed by atoms with Crippen molar-refractivity contribution in [2.24, 2.45) is 0 Å². The predicted molar refractivity (Wildman–Crippen MR) is 110 cm³/mol. The van der Waals surface area contributed by atoms with E-state index in [1.165, 1.54) is 0 Å². The Labute approximate surface area is 182 Å². The Hall–Kier alpha value is -2.68. The Morgan fingerprint density at radius 1 is 0.839 bits per heavy atom. The van der Waals surface area contributed by atoms with E-state index < -0.39 is 36.1 Å². The molecule has 0 aromatic carbocycles. The average Bonchev–Trinajstić information content (AvgIpc) is 2.74. The number of esters is 4. The molecule has 0 amide bonds. The van der Waals surface area contributed by atoms with Crippen molar-refractivity contribution in [2.45, 2.75) is 70.2 Å². The quantitative estimate of drug-likeness (QED) is 0.174. The van der Waals surface area contributed by atoms with Crippen molar-refractivity contribution in [3.63, 3.8) is 0 Å². The number of carbonyl (C=O) groups is 4. The van der Waals surface area contributed by atoms with Gasteiger partial charge in [-0.1, -0.05) is 13.2 Å². The van der Waals surface area contributed by atoms with Crippen LogP contribution in [0.3, 0.4) is 0 Å². The number of rotatable bonds is 14. The third kappa shape index (κ3) is 11.9. The van der Waals surface area contributed by atoms with Gasteiger partial charge in [-0.25, -0.2) is 9.59 Å². The van der Waals surface area contributed by atoms with E-state index in [9.17, 15) is 19.2 Å². The molecule has 1 rings (SSSR count). The van der Waals surface area contributed by atoms with E-state index in [-0.39, 0.29) is 38.8 Å². The van der Waals surface area contributed by atoms with Gasteiger partial charge in [0.05, 0.1) is 25.9 Å². The molecule has 0 aliphatic carbocycles. The minimum Gasteiger partial charge on any atom is -0.463 e. The van der Waals surface area contributed by atoms with E-state index in [4.69, 9.17) is 23.7 Å². The van der Waals surface area contributed by atoms with E-state index in [1.807, 2.05) is 6.92 Å². The van der Waals surface area contributed by atoms with Crippen molar-refractivity contribution in [1.29, 1.82) is 0 Å². The maximum atomic E-state index is 12.2. The average molecular weight is 440 g/mol. The second-order valence-electron chi connectivity index (χ2n) is 7.09. The lowest BCUT2D eigenvalue weighted by Gasteiger charge is -2.34. The highest BCUT2D eigenvalue weighted by Crippen LogP contribution is 2.21. The standard InChI is InChI=1S/C22H32O9/c1-4-19(23)27-12-8-6-10-21(25)30-17-14-16(3)29-15-18(17)31-22(26)11-7-9-13-28-20(24)5-2/h4-5,16-18H,1-2,6-15H2,3H3/t16?,17-,18+/m0/s1. The van der Waals surface area contributed by atoms with Gasteiger partial charge < -0.3 is 23.7 Å². The summed E-state index contributed by atoms with van der Waals surface area (Å²) >= 11 is 0. The van der Waals surface area contributed by atoms with Gasteiger partial charge in [0.2, 0.25) is 0 Å². The number of unbranched alkanes of at least 4 members (excludes halogenated alkanes) is 2. The smallest absolute Gasteiger partial charge is 0.330 e. The van der Waals surface area contributed by atoms with Gasteiger partial charge in [-0.05, 0) is 32.6 Å². The molecule has 1 heterocycles. The van der Waals surface area contributed by atoms with E-state index in [1.54, 1.807) is 0 Å². The largest absolute Gasteiger partial charge is 0.463 e. The van der Waals surface area contributed by atoms with Crippen LogP contribution in [-0.4, -0.2) is 62.0 Å². The number of carbonyl (C=O) groups excluding carboxylic acids is 4. The third-order valence-corrected chi connectivity index (χ3v) is 4.46. The Balaban J connectivity index is 2.33. The minimum atomic E-state index is -0.667. The van der Waals surface area contributed by atoms with Crippen molar-refractivity contribution in [3.8, 4) is 0 Å². The molecule has 3 atom stereocenters. The normalized spacial score (nSPS) is 20.2. The Morgan fingerprint density at radius 3 is 1.81 bits per heavy atom. The minimum absolute atomic E-state index is 0.120. The monoisotopic (exact) mass is 440 g/mol. The summed E-state index contributed by atoms with van der Waals surface area (Å²) < 4.78 is 26.2. The van der Waals surface area contributed by atoms with E-state index >= 15 is 0 Å². The Kier molecular flexibility index (Phi) is 12.9. The summed E-state index contributed by atoms with van der Waals surface area (Å²) in [6.07, 6.45) is 3.60. The lowest BCUT2D eigenvalue weighted by atomic mass is 10.0. The Morgan fingerprint density at radius 2 is 1.32 bits per heavy atom. The van der Waals surface area contributed by atoms with Crippen LogP contribution in [-0.2, 0) is 42.9 Å². The third-order valence-electron chi connectivity index (χ3n) is 4.46. The van der Waals surface area contributed by atoms with Crippen LogP contribution in [0.1, 0.15) is 51.9 Å². The maximum absolute atomic E-state index is 12.2. The van der Waals surface area contributed by atoms with Gasteiger partial charge in [0.15, 0.2) is 6.10 Å². The second-order valence-corrected chi connectivity index (χ2v) is 7.09. The first-order valence-electron chi connectivity index (χ1n) is 10.4. The highest BCUT2D eigenvalue weighted by molar-refractivity contribution is 5.81. The van der Waals surface area contributed by atoms with Crippen LogP contribution >= 0.6 is 0 Å². The van der Waals surface area contributed by atoms with E-state index in [0.29, 0.717) is 32.1 Å². The summed E-state index contributed by atoms with van der Waals surface area (Å²) in [5.74, 6) is -1.83. The van der Waals surface area contributed by atoms with Gasteiger partial charge in [0.25, 0.3) is 0 Å². The summed E-state index contributed by atoms with van der Waals surface area (Å²) in [5, 5.41) is 0. The molecule has 9 heteroatoms. The zero-order valence-corrected chi connectivity index (χ0v) is 18.0. The van der Waals surface area contributed by atoms with Gasteiger partial charge in [-0.15, -0.1) is 0 Å². The van der Waals surface area contributed by atoms with Gasteiger partial charge in [-0.3, -0.25) is 9.59 Å². The summed E-state index contributed by atoms with van der Waals surface area (Å²) in [5.41, 5.74) is 0. The molecular weight excluding hydrogens is 408 g/mol. The Bertz CT molecular complexity index is 628. The summed E-state index contributed by atoms with van der Waals surface area (Å²) in [4.78, 5) is 46.2. The second kappa shape index (κ2) is 15.2. The van der Waals surface area contributed by atoms with Crippen molar-refractivity contribution < 1.29 is 42.9 Å². The number of hydrogen-bond acceptors (Lipinski definition) is 9. The van der Waals surface area contributed by atoms with Crippen LogP contribution in [0.2, 0.25) is 0 Å². The first-order valence-corrected chi connectivity index (χ1v) is 10.4. The zero-order chi connectivity index (χ0) is 23.1. The molecular formula is C22H32O9. The van der Waals surface area contributed by atoms with Gasteiger partial charge in [0, 0.05) is 31.4 Å². The van der Waals surface area contributed by atoms with Gasteiger partial charge >= 0.3 is 23.9 Å². The fraction of sp³-hybridized carbons (Fsp3) is 0.636. The highest BCUT2D eigenvalue weighted by Gasteiger charge is 2.35. The molecule has 1 unspecified atom stereocenters. The van der Waals surface area contributed by atoms with Crippen LogP contribution in [0, 0.1) is 0 Å². The molecule has 1 aliphatic heterocycles. The maximum Gasteiger partial charge on any atom is 0.330 e. The molecule has 0 N–H and O–H groups in total. The molecule has 0 radical (unpaired) electrons. The topological polar surface area (TPSA) is 114 Å². The molecule has 31 heavy (non-hydrogen) atoms. The van der Waals surface area contributed by atoms with E-state index in [0.717, 1.165) is 12.2 Å². The lowest BCUT2D eigenvalue weighted by Crippen LogP contribution is -2.45. The summed E-state index contributed by atoms with van der Waals surface area (Å²) in [7, 11) is 0. The fourth-order valence-corrected chi connectivity index (χ4v) is 2.81. The van der Waals surface area contributed by atoms with Crippen LogP contribution in [0.15, 0.2) is 25.3 Å². The molecule has 0 spiro atoms. The lowest BCUT2D eigenvalue weighted by molar-refractivity contribution is -0.188. The summed E-state index contributed by atoms with van der Waals surface area (Å²) in [6, 6.07) is 0. The SMILES string of the molecule is C=CC(=O)OCCCCC(=O)O[C@H]1CC(C)OC[C@H]1OC(=O)CCCCOC(=O)C=C. The molecule has 0 bridgehead atoms. The molecule has 1 saturated heterocycles. The first kappa shape index (κ1) is 26.4. The molecule has 1 fully saturated rings. The molecule has 1 aliphatic rings. The van der Waals surface area contributed by atoms with Crippen LogP contribution in [0.5, 0.6) is 0 Å². The molecule has 174 valence electrons. The van der Waals surface area contributed by atoms with Gasteiger partial charge in [-0.2, -0.15) is 0 Å². The fourth-order valence-electron chi connectivity index (χ4n) is 2.81. The number of hydrogen-bond donors (Lipinski definition) is 0. The summed E-state index contributed by atoms with van der Waals surface area (Å²) in [6.45, 7) is 9.03. The van der Waals surface area contributed by atoms with Crippen LogP contribution < -0.4 is 0 Å². The predicted octanol–water partition coefficient (Wildman–Crippen LogP) is 2.42. The molecule has 0 aromatic heterocycles. The first-order chi connectivity index (χ1) is 14.8. The highest BCUT2D eigenvalue weighted by atomic mass is 16.6. The zero-order valence-electron chi connectivity index (χ0n) is 18.0. The molecule has 0 aromatic rings. The van der Waals surface area contributed by atoms with Crippen molar-refractivity contribution in [2.75, 3.05) is 19.8 Å². The van der Waals surface area contributed by atoms with Crippen LogP contribution in [0.4, 0.5) is 0 Å². The van der Waals surface area contributed by atoms with Crippen molar-refractivity contribution in [3.05, 3.63) is 25.3 Å². The number of ether oxygens (including phenoxy) is 5. The van der Waals surface area contributed by atoms with Crippen molar-refractivity contribution in [1.82, 2.24) is 0 Å². The molecule has 9 nitrogen and oxygen atoms in total.